The Bertz CT molecular complexity index is 604. The van der Waals surface area contributed by atoms with Gasteiger partial charge in [0, 0.05) is 29.7 Å². The Balaban J connectivity index is 1.35. The fourth-order valence-corrected chi connectivity index (χ4v) is 4.23. The number of hydrogen-bond acceptors (Lipinski definition) is 2. The lowest BCUT2D eigenvalue weighted by molar-refractivity contribution is 0.0898. The molecule has 2 aliphatic heterocycles. The van der Waals surface area contributed by atoms with Crippen molar-refractivity contribution in [1.82, 2.24) is 14.8 Å². The largest absolute Gasteiger partial charge is 0.361 e. The number of hydrogen-bond donors (Lipinski definition) is 1. The Morgan fingerprint density at radius 2 is 1.73 bits per heavy atom. The highest BCUT2D eigenvalue weighted by molar-refractivity contribution is 5.82. The number of nitrogens with zero attached hydrogens (tertiary/aromatic N) is 2. The van der Waals surface area contributed by atoms with Crippen molar-refractivity contribution < 1.29 is 0 Å². The van der Waals surface area contributed by atoms with Gasteiger partial charge >= 0.3 is 0 Å². The summed E-state index contributed by atoms with van der Waals surface area (Å²) < 4.78 is 0. The third-order valence-electron chi connectivity index (χ3n) is 5.53. The molecule has 118 valence electrons. The molecule has 2 aliphatic rings. The number of benzene rings is 1. The van der Waals surface area contributed by atoms with E-state index in [1.54, 1.807) is 0 Å². The van der Waals surface area contributed by atoms with Crippen molar-refractivity contribution in [2.24, 2.45) is 0 Å². The van der Waals surface area contributed by atoms with Crippen LogP contribution in [-0.2, 0) is 6.54 Å². The van der Waals surface area contributed by atoms with E-state index in [1.165, 1.54) is 74.7 Å². The molecule has 4 rings (SSSR count). The molecule has 0 saturated carbocycles. The van der Waals surface area contributed by atoms with Gasteiger partial charge in [-0.05, 0) is 63.5 Å². The minimum Gasteiger partial charge on any atom is -0.361 e. The first-order valence-corrected chi connectivity index (χ1v) is 8.91. The van der Waals surface area contributed by atoms with Crippen molar-refractivity contribution in [3.8, 4) is 0 Å². The second kappa shape index (κ2) is 6.43. The maximum atomic E-state index is 3.40. The molecule has 2 fully saturated rings. The van der Waals surface area contributed by atoms with Crippen LogP contribution in [0.15, 0.2) is 30.5 Å². The minimum absolute atomic E-state index is 0.847. The maximum absolute atomic E-state index is 3.40. The van der Waals surface area contributed by atoms with Crippen LogP contribution in [0.2, 0.25) is 0 Å². The molecule has 2 saturated heterocycles. The van der Waals surface area contributed by atoms with Gasteiger partial charge in [-0.3, -0.25) is 4.90 Å². The average molecular weight is 297 g/mol. The molecular weight excluding hydrogens is 270 g/mol. The Kier molecular flexibility index (Phi) is 4.17. The number of aromatic amines is 1. The molecule has 3 heterocycles. The maximum Gasteiger partial charge on any atom is 0.0457 e. The minimum atomic E-state index is 0.847. The number of fused-ring (bicyclic) bond motifs is 1. The molecule has 3 heteroatoms. The molecule has 0 aliphatic carbocycles. The van der Waals surface area contributed by atoms with Gasteiger partial charge in [0.1, 0.15) is 0 Å². The normalized spacial score (nSPS) is 22.4. The quantitative estimate of drug-likeness (QED) is 0.935. The van der Waals surface area contributed by atoms with E-state index in [4.69, 9.17) is 0 Å². The van der Waals surface area contributed by atoms with E-state index in [-0.39, 0.29) is 0 Å². The van der Waals surface area contributed by atoms with E-state index in [2.05, 4.69) is 45.2 Å². The zero-order chi connectivity index (χ0) is 14.8. The molecule has 0 unspecified atom stereocenters. The summed E-state index contributed by atoms with van der Waals surface area (Å²) in [6, 6.07) is 9.50. The number of piperidine rings is 2. The summed E-state index contributed by atoms with van der Waals surface area (Å²) in [5.41, 5.74) is 2.72. The summed E-state index contributed by atoms with van der Waals surface area (Å²) >= 11 is 0. The second-order valence-electron chi connectivity index (χ2n) is 6.96. The van der Waals surface area contributed by atoms with Crippen molar-refractivity contribution in [2.75, 3.05) is 26.2 Å². The van der Waals surface area contributed by atoms with E-state index in [0.717, 1.165) is 12.6 Å². The molecule has 1 aromatic heterocycles. The van der Waals surface area contributed by atoms with Crippen molar-refractivity contribution in [3.63, 3.8) is 0 Å². The molecular formula is C19H27N3. The van der Waals surface area contributed by atoms with E-state index >= 15 is 0 Å². The number of rotatable bonds is 3. The van der Waals surface area contributed by atoms with Crippen LogP contribution in [0.1, 0.15) is 37.7 Å². The van der Waals surface area contributed by atoms with Crippen LogP contribution >= 0.6 is 0 Å². The van der Waals surface area contributed by atoms with Gasteiger partial charge in [0.15, 0.2) is 0 Å². The fraction of sp³-hybridized carbons (Fsp3) is 0.579. The van der Waals surface area contributed by atoms with Crippen LogP contribution in [0.4, 0.5) is 0 Å². The molecule has 1 aromatic carbocycles. The summed E-state index contributed by atoms with van der Waals surface area (Å²) in [5.74, 6) is 0. The zero-order valence-corrected chi connectivity index (χ0v) is 13.4. The zero-order valence-electron chi connectivity index (χ0n) is 13.4. The smallest absolute Gasteiger partial charge is 0.0457 e. The van der Waals surface area contributed by atoms with Gasteiger partial charge in [-0.15, -0.1) is 0 Å². The van der Waals surface area contributed by atoms with Crippen LogP contribution in [-0.4, -0.2) is 47.0 Å². The van der Waals surface area contributed by atoms with Crippen LogP contribution in [0.25, 0.3) is 10.9 Å². The van der Waals surface area contributed by atoms with E-state index in [0.29, 0.717) is 0 Å². The number of para-hydroxylation sites is 1. The van der Waals surface area contributed by atoms with Crippen LogP contribution in [0.5, 0.6) is 0 Å². The molecule has 0 spiro atoms. The van der Waals surface area contributed by atoms with Gasteiger partial charge < -0.3 is 9.88 Å². The van der Waals surface area contributed by atoms with Crippen molar-refractivity contribution in [2.45, 2.75) is 44.7 Å². The monoisotopic (exact) mass is 297 g/mol. The van der Waals surface area contributed by atoms with Gasteiger partial charge in [-0.1, -0.05) is 24.6 Å². The first kappa shape index (κ1) is 14.3. The molecule has 0 atom stereocenters. The predicted molar refractivity (Wildman–Crippen MR) is 92.0 cm³/mol. The van der Waals surface area contributed by atoms with Gasteiger partial charge in [0.25, 0.3) is 0 Å². The number of H-pyrrole nitrogens is 1. The van der Waals surface area contributed by atoms with Crippen LogP contribution < -0.4 is 0 Å². The van der Waals surface area contributed by atoms with E-state index in [1.807, 2.05) is 0 Å². The van der Waals surface area contributed by atoms with Crippen LogP contribution in [0, 0.1) is 0 Å². The molecule has 0 amide bonds. The lowest BCUT2D eigenvalue weighted by atomic mass is 9.99. The Morgan fingerprint density at radius 3 is 2.55 bits per heavy atom. The average Bonchev–Trinajstić information content (AvgIpc) is 3.00. The fourth-order valence-electron chi connectivity index (χ4n) is 4.23. The number of aromatic nitrogens is 1. The lowest BCUT2D eigenvalue weighted by Crippen LogP contribution is -2.46. The Morgan fingerprint density at radius 1 is 0.955 bits per heavy atom. The van der Waals surface area contributed by atoms with Crippen molar-refractivity contribution in [3.05, 3.63) is 36.0 Å². The van der Waals surface area contributed by atoms with Gasteiger partial charge in [0.05, 0.1) is 0 Å². The SMILES string of the molecule is c1ccc2c(CN3CCC(N4CCCCC4)CC3)c[nH]c2c1. The van der Waals surface area contributed by atoms with Crippen molar-refractivity contribution in [1.29, 1.82) is 0 Å². The first-order chi connectivity index (χ1) is 10.9. The highest BCUT2D eigenvalue weighted by atomic mass is 15.2. The summed E-state index contributed by atoms with van der Waals surface area (Å²) in [6.07, 6.45) is 9.16. The van der Waals surface area contributed by atoms with Gasteiger partial charge in [-0.25, -0.2) is 0 Å². The Labute approximate surface area is 133 Å². The molecule has 22 heavy (non-hydrogen) atoms. The summed E-state index contributed by atoms with van der Waals surface area (Å²) in [6.45, 7) is 6.28. The molecule has 0 bridgehead atoms. The highest BCUT2D eigenvalue weighted by Gasteiger charge is 2.25. The summed E-state index contributed by atoms with van der Waals surface area (Å²) in [4.78, 5) is 8.79. The third kappa shape index (κ3) is 2.92. The van der Waals surface area contributed by atoms with Crippen LogP contribution in [0.3, 0.4) is 0 Å². The van der Waals surface area contributed by atoms with E-state index < -0.39 is 0 Å². The summed E-state index contributed by atoms with van der Waals surface area (Å²) in [5, 5.41) is 1.39. The summed E-state index contributed by atoms with van der Waals surface area (Å²) in [7, 11) is 0. The Hall–Kier alpha value is -1.32. The van der Waals surface area contributed by atoms with Gasteiger partial charge in [-0.2, -0.15) is 0 Å². The van der Waals surface area contributed by atoms with E-state index in [9.17, 15) is 0 Å². The highest BCUT2D eigenvalue weighted by Crippen LogP contribution is 2.24. The standard InChI is InChI=1S/C19H27N3/c1-4-10-22(11-5-1)17-8-12-21(13-9-17)15-16-14-20-19-7-3-2-6-18(16)19/h2-3,6-7,14,17,20H,1,4-5,8-13,15H2. The molecule has 2 aromatic rings. The number of nitrogens with one attached hydrogen (secondary N) is 1. The molecule has 1 N–H and O–H groups in total. The first-order valence-electron chi connectivity index (χ1n) is 8.91. The third-order valence-corrected chi connectivity index (χ3v) is 5.53. The second-order valence-corrected chi connectivity index (χ2v) is 6.96. The molecule has 0 radical (unpaired) electrons. The topological polar surface area (TPSA) is 22.3 Å². The van der Waals surface area contributed by atoms with Crippen molar-refractivity contribution >= 4 is 10.9 Å². The van der Waals surface area contributed by atoms with Gasteiger partial charge in [0.2, 0.25) is 0 Å². The lowest BCUT2D eigenvalue weighted by Gasteiger charge is -2.40. The predicted octanol–water partition coefficient (Wildman–Crippen LogP) is 3.62. The molecule has 3 nitrogen and oxygen atoms in total. The number of likely N-dealkylation sites (tertiary alicyclic amines) is 2.